The van der Waals surface area contributed by atoms with E-state index >= 15 is 0 Å². The van der Waals surface area contributed by atoms with Crippen LogP contribution in [0.15, 0.2) is 114 Å². The lowest BCUT2D eigenvalue weighted by molar-refractivity contribution is 0.415. The summed E-state index contributed by atoms with van der Waals surface area (Å²) in [7, 11) is 1.68. The molecule has 0 bridgehead atoms. The van der Waals surface area contributed by atoms with E-state index in [-0.39, 0.29) is 0 Å². The van der Waals surface area contributed by atoms with Crippen molar-refractivity contribution in [3.8, 4) is 5.75 Å². The smallest absolute Gasteiger partial charge is 0.119 e. The first-order chi connectivity index (χ1) is 14.8. The summed E-state index contributed by atoms with van der Waals surface area (Å²) in [6.45, 7) is 0. The van der Waals surface area contributed by atoms with E-state index in [1.807, 2.05) is 24.3 Å². The molecule has 0 saturated carbocycles. The summed E-state index contributed by atoms with van der Waals surface area (Å²) in [5.41, 5.74) is 9.04. The van der Waals surface area contributed by atoms with Gasteiger partial charge in [0.2, 0.25) is 0 Å². The van der Waals surface area contributed by atoms with Gasteiger partial charge < -0.3 is 4.74 Å². The zero-order valence-electron chi connectivity index (χ0n) is 16.7. The van der Waals surface area contributed by atoms with Crippen LogP contribution in [-0.2, 0) is 0 Å². The molecule has 0 atom stereocenters. The zero-order valence-corrected chi connectivity index (χ0v) is 16.7. The number of hydrogen-bond donors (Lipinski definition) is 0. The van der Waals surface area contributed by atoms with E-state index in [2.05, 4.69) is 84.9 Å². The van der Waals surface area contributed by atoms with Crippen LogP contribution in [-0.4, -0.2) is 12.8 Å². The number of rotatable bonds is 4. The fourth-order valence-corrected chi connectivity index (χ4v) is 3.99. The van der Waals surface area contributed by atoms with Crippen molar-refractivity contribution in [3.05, 3.63) is 131 Å². The highest BCUT2D eigenvalue weighted by molar-refractivity contribution is 6.44. The SMILES string of the molecule is COc1ccc(N=C2C(c3ccccc3)=C(c3ccccc3)c3ccccc32)cc1. The monoisotopic (exact) mass is 387 g/mol. The molecule has 0 radical (unpaired) electrons. The molecule has 1 aliphatic carbocycles. The van der Waals surface area contributed by atoms with Gasteiger partial charge in [0.1, 0.15) is 5.75 Å². The number of fused-ring (bicyclic) bond motifs is 1. The molecule has 0 saturated heterocycles. The fraction of sp³-hybridized carbons (Fsp3) is 0.0357. The maximum absolute atomic E-state index is 5.30. The first kappa shape index (κ1) is 18.1. The average Bonchev–Trinajstić information content (AvgIpc) is 3.15. The molecule has 2 heteroatoms. The Morgan fingerprint density at radius 3 is 1.67 bits per heavy atom. The van der Waals surface area contributed by atoms with E-state index in [0.717, 1.165) is 22.7 Å². The van der Waals surface area contributed by atoms with E-state index in [4.69, 9.17) is 9.73 Å². The van der Waals surface area contributed by atoms with Crippen LogP contribution in [0.1, 0.15) is 22.3 Å². The van der Waals surface area contributed by atoms with Crippen molar-refractivity contribution in [1.82, 2.24) is 0 Å². The van der Waals surface area contributed by atoms with E-state index < -0.39 is 0 Å². The lowest BCUT2D eigenvalue weighted by atomic mass is 9.94. The number of nitrogens with zero attached hydrogens (tertiary/aromatic N) is 1. The second kappa shape index (κ2) is 7.84. The third kappa shape index (κ3) is 3.23. The summed E-state index contributed by atoms with van der Waals surface area (Å²) < 4.78 is 5.30. The minimum atomic E-state index is 0.828. The average molecular weight is 387 g/mol. The summed E-state index contributed by atoms with van der Waals surface area (Å²) in [6, 6.07) is 37.5. The number of allylic oxidation sites excluding steroid dienone is 1. The number of aliphatic imine (C=N–C) groups is 1. The third-order valence-corrected chi connectivity index (χ3v) is 5.38. The fourth-order valence-electron chi connectivity index (χ4n) is 3.99. The molecule has 0 aromatic heterocycles. The minimum absolute atomic E-state index is 0.828. The molecule has 0 amide bonds. The molecule has 4 aromatic rings. The van der Waals surface area contributed by atoms with E-state index in [0.29, 0.717) is 0 Å². The Labute approximate surface area is 176 Å². The summed E-state index contributed by atoms with van der Waals surface area (Å²) in [4.78, 5) is 5.11. The van der Waals surface area contributed by atoms with Crippen molar-refractivity contribution in [1.29, 1.82) is 0 Å². The molecule has 2 nitrogen and oxygen atoms in total. The molecular weight excluding hydrogens is 366 g/mol. The van der Waals surface area contributed by atoms with Crippen molar-refractivity contribution in [3.63, 3.8) is 0 Å². The van der Waals surface area contributed by atoms with Gasteiger partial charge in [0, 0.05) is 11.1 Å². The van der Waals surface area contributed by atoms with Crippen LogP contribution >= 0.6 is 0 Å². The molecule has 0 heterocycles. The number of methoxy groups -OCH3 is 1. The van der Waals surface area contributed by atoms with Gasteiger partial charge in [-0.2, -0.15) is 0 Å². The first-order valence-corrected chi connectivity index (χ1v) is 10.0. The predicted molar refractivity (Wildman–Crippen MR) is 124 cm³/mol. The Kier molecular flexibility index (Phi) is 4.74. The molecular formula is C28H21NO. The Morgan fingerprint density at radius 1 is 0.533 bits per heavy atom. The number of benzene rings is 4. The molecule has 144 valence electrons. The lowest BCUT2D eigenvalue weighted by Gasteiger charge is -2.10. The highest BCUT2D eigenvalue weighted by Gasteiger charge is 2.29. The molecule has 5 rings (SSSR count). The summed E-state index contributed by atoms with van der Waals surface area (Å²) in [6.07, 6.45) is 0. The van der Waals surface area contributed by atoms with Gasteiger partial charge in [0.05, 0.1) is 18.5 Å². The van der Waals surface area contributed by atoms with Crippen molar-refractivity contribution in [2.75, 3.05) is 7.11 Å². The van der Waals surface area contributed by atoms with Gasteiger partial charge in [0.25, 0.3) is 0 Å². The zero-order chi connectivity index (χ0) is 20.3. The van der Waals surface area contributed by atoms with Gasteiger partial charge in [-0.1, -0.05) is 84.9 Å². The number of hydrogen-bond acceptors (Lipinski definition) is 2. The summed E-state index contributed by atoms with van der Waals surface area (Å²) in [5.74, 6) is 0.828. The van der Waals surface area contributed by atoms with Gasteiger partial charge in [-0.25, -0.2) is 4.99 Å². The minimum Gasteiger partial charge on any atom is -0.497 e. The second-order valence-electron chi connectivity index (χ2n) is 7.19. The maximum atomic E-state index is 5.30. The van der Waals surface area contributed by atoms with E-state index in [9.17, 15) is 0 Å². The predicted octanol–water partition coefficient (Wildman–Crippen LogP) is 6.79. The largest absolute Gasteiger partial charge is 0.497 e. The van der Waals surface area contributed by atoms with Crippen LogP contribution in [0.5, 0.6) is 5.75 Å². The van der Waals surface area contributed by atoms with Crippen LogP contribution < -0.4 is 4.74 Å². The summed E-state index contributed by atoms with van der Waals surface area (Å²) >= 11 is 0. The van der Waals surface area contributed by atoms with Gasteiger partial charge in [-0.15, -0.1) is 0 Å². The molecule has 0 N–H and O–H groups in total. The van der Waals surface area contributed by atoms with Crippen LogP contribution in [0.3, 0.4) is 0 Å². The van der Waals surface area contributed by atoms with Gasteiger partial charge in [0.15, 0.2) is 0 Å². The van der Waals surface area contributed by atoms with Crippen molar-refractivity contribution in [2.24, 2.45) is 4.99 Å². The molecule has 0 aliphatic heterocycles. The Balaban J connectivity index is 1.79. The number of ether oxygens (including phenoxy) is 1. The highest BCUT2D eigenvalue weighted by atomic mass is 16.5. The molecule has 0 unspecified atom stereocenters. The van der Waals surface area contributed by atoms with Crippen molar-refractivity contribution in [2.45, 2.75) is 0 Å². The molecule has 0 fully saturated rings. The van der Waals surface area contributed by atoms with Gasteiger partial charge in [-0.3, -0.25) is 0 Å². The highest BCUT2D eigenvalue weighted by Crippen LogP contribution is 2.43. The first-order valence-electron chi connectivity index (χ1n) is 10.0. The molecule has 30 heavy (non-hydrogen) atoms. The van der Waals surface area contributed by atoms with Crippen LogP contribution in [0.2, 0.25) is 0 Å². The van der Waals surface area contributed by atoms with Crippen molar-refractivity contribution < 1.29 is 4.74 Å². The Morgan fingerprint density at radius 2 is 1.07 bits per heavy atom. The standard InChI is InChI=1S/C28H21NO/c1-30-23-18-16-22(17-19-23)29-28-25-15-9-8-14-24(25)26(20-10-4-2-5-11-20)27(28)21-12-6-3-7-13-21/h2-19H,1H3. The second-order valence-corrected chi connectivity index (χ2v) is 7.19. The maximum Gasteiger partial charge on any atom is 0.119 e. The van der Waals surface area contributed by atoms with Gasteiger partial charge in [-0.05, 0) is 46.5 Å². The normalized spacial score (nSPS) is 14.1. The quantitative estimate of drug-likeness (QED) is 0.378. The Hall–Kier alpha value is -3.91. The topological polar surface area (TPSA) is 21.6 Å². The molecule has 4 aromatic carbocycles. The molecule has 1 aliphatic rings. The van der Waals surface area contributed by atoms with E-state index in [1.54, 1.807) is 7.11 Å². The van der Waals surface area contributed by atoms with Crippen LogP contribution in [0.4, 0.5) is 5.69 Å². The van der Waals surface area contributed by atoms with Crippen molar-refractivity contribution >= 4 is 22.5 Å². The lowest BCUT2D eigenvalue weighted by Crippen LogP contribution is -2.00. The Bertz CT molecular complexity index is 1240. The third-order valence-electron chi connectivity index (χ3n) is 5.38. The molecule has 0 spiro atoms. The summed E-state index contributed by atoms with van der Waals surface area (Å²) in [5, 5.41) is 0. The van der Waals surface area contributed by atoms with E-state index in [1.165, 1.54) is 27.8 Å². The van der Waals surface area contributed by atoms with Crippen LogP contribution in [0, 0.1) is 0 Å². The van der Waals surface area contributed by atoms with Gasteiger partial charge >= 0.3 is 0 Å². The van der Waals surface area contributed by atoms with Crippen LogP contribution in [0.25, 0.3) is 11.1 Å².